The largest absolute Gasteiger partial charge is 0.354 e. The number of nitrogens with one attached hydrogen (secondary N) is 2. The third-order valence-electron chi connectivity index (χ3n) is 6.90. The van der Waals surface area contributed by atoms with Gasteiger partial charge >= 0.3 is 0 Å². The summed E-state index contributed by atoms with van der Waals surface area (Å²) >= 11 is 0. The van der Waals surface area contributed by atoms with Crippen molar-refractivity contribution in [1.82, 2.24) is 19.8 Å². The Kier molecular flexibility index (Phi) is 8.42. The molecule has 2 aromatic heterocycles. The number of carbonyl (C=O) groups is 2. The fourth-order valence-corrected chi connectivity index (χ4v) is 4.84. The molecule has 10 heteroatoms. The molecule has 0 unspecified atom stereocenters. The Hall–Kier alpha value is -4.02. The quantitative estimate of drug-likeness (QED) is 0.471. The summed E-state index contributed by atoms with van der Waals surface area (Å²) in [6, 6.07) is 19.2. The molecule has 0 atom stereocenters. The van der Waals surface area contributed by atoms with Gasteiger partial charge in [-0.15, -0.1) is 0 Å². The molecule has 2 aliphatic heterocycles. The molecule has 2 aliphatic rings. The van der Waals surface area contributed by atoms with Crippen LogP contribution in [0.3, 0.4) is 0 Å². The summed E-state index contributed by atoms with van der Waals surface area (Å²) in [6.45, 7) is 7.07. The van der Waals surface area contributed by atoms with Crippen LogP contribution in [0.1, 0.15) is 0 Å². The van der Waals surface area contributed by atoms with Crippen molar-refractivity contribution in [2.45, 2.75) is 0 Å². The molecule has 2 saturated heterocycles. The zero-order valence-electron chi connectivity index (χ0n) is 21.5. The van der Waals surface area contributed by atoms with Gasteiger partial charge in [0.05, 0.1) is 24.5 Å². The van der Waals surface area contributed by atoms with Crippen LogP contribution in [-0.2, 0) is 9.59 Å². The molecule has 1 aromatic carbocycles. The van der Waals surface area contributed by atoms with Crippen molar-refractivity contribution < 1.29 is 9.59 Å². The maximum atomic E-state index is 12.8. The van der Waals surface area contributed by atoms with Crippen molar-refractivity contribution in [3.05, 3.63) is 73.1 Å². The minimum absolute atomic E-state index is 0.0939. The minimum Gasteiger partial charge on any atom is -0.354 e. The third kappa shape index (κ3) is 6.84. The summed E-state index contributed by atoms with van der Waals surface area (Å²) in [4.78, 5) is 43.2. The summed E-state index contributed by atoms with van der Waals surface area (Å²) in [5.41, 5.74) is 1.22. The van der Waals surface area contributed by atoms with Crippen LogP contribution in [0.2, 0.25) is 0 Å². The van der Waals surface area contributed by atoms with Crippen molar-refractivity contribution in [1.29, 1.82) is 0 Å². The number of hydrogen-bond acceptors (Lipinski definition) is 8. The average molecular weight is 515 g/mol. The lowest BCUT2D eigenvalue weighted by molar-refractivity contribution is -0.118. The van der Waals surface area contributed by atoms with Crippen molar-refractivity contribution >= 4 is 34.8 Å². The number of piperazine rings is 2. The maximum Gasteiger partial charge on any atom is 0.238 e. The number of pyridine rings is 2. The first-order chi connectivity index (χ1) is 18.6. The highest BCUT2D eigenvalue weighted by Gasteiger charge is 2.22. The van der Waals surface area contributed by atoms with Gasteiger partial charge in [-0.05, 0) is 36.4 Å². The Balaban J connectivity index is 1.07. The van der Waals surface area contributed by atoms with E-state index in [0.717, 1.165) is 64.0 Å². The number of aromatic nitrogens is 2. The van der Waals surface area contributed by atoms with E-state index in [9.17, 15) is 9.59 Å². The molecule has 0 radical (unpaired) electrons. The monoisotopic (exact) mass is 514 g/mol. The van der Waals surface area contributed by atoms with Crippen LogP contribution in [-0.4, -0.2) is 97.0 Å². The number of anilines is 4. The lowest BCUT2D eigenvalue weighted by atomic mass is 10.2. The van der Waals surface area contributed by atoms with Gasteiger partial charge in [0.15, 0.2) is 0 Å². The molecule has 10 nitrogen and oxygen atoms in total. The van der Waals surface area contributed by atoms with E-state index in [1.165, 1.54) is 0 Å². The Bertz CT molecular complexity index is 1100. The van der Waals surface area contributed by atoms with E-state index < -0.39 is 0 Å². The number of carbonyl (C=O) groups excluding carboxylic acids is 2. The zero-order chi connectivity index (χ0) is 26.2. The Morgan fingerprint density at radius 2 is 0.974 bits per heavy atom. The van der Waals surface area contributed by atoms with Gasteiger partial charge in [-0.1, -0.05) is 24.3 Å². The third-order valence-corrected chi connectivity index (χ3v) is 6.90. The van der Waals surface area contributed by atoms with Crippen LogP contribution in [0.4, 0.5) is 23.0 Å². The maximum absolute atomic E-state index is 12.8. The zero-order valence-corrected chi connectivity index (χ0v) is 21.5. The lowest BCUT2D eigenvalue weighted by Gasteiger charge is -2.35. The van der Waals surface area contributed by atoms with Crippen LogP contribution < -0.4 is 20.4 Å². The molecular weight excluding hydrogens is 480 g/mol. The number of para-hydroxylation sites is 2. The SMILES string of the molecule is O=C(CN1CCN(c2ccccn2)CC1)Nc1ccccc1NC(=O)CN1CCN(c2ccccn2)CC1. The smallest absolute Gasteiger partial charge is 0.238 e. The molecule has 0 bridgehead atoms. The number of amides is 2. The van der Waals surface area contributed by atoms with Crippen LogP contribution in [0, 0.1) is 0 Å². The standard InChI is InChI=1S/C28H34N8O2/c37-27(21-33-13-17-35(18-14-33)25-9-3-5-11-29-25)31-23-7-1-2-8-24(23)32-28(38)22-34-15-19-36(20-16-34)26-10-4-6-12-30-26/h1-12H,13-22H2,(H,31,37)(H,32,38). The molecule has 3 aromatic rings. The van der Waals surface area contributed by atoms with Crippen molar-refractivity contribution in [2.75, 3.05) is 85.9 Å². The second-order valence-corrected chi connectivity index (χ2v) is 9.54. The molecule has 198 valence electrons. The lowest BCUT2D eigenvalue weighted by Crippen LogP contribution is -2.49. The van der Waals surface area contributed by atoms with E-state index in [4.69, 9.17) is 0 Å². The first-order valence-electron chi connectivity index (χ1n) is 13.1. The highest BCUT2D eigenvalue weighted by Crippen LogP contribution is 2.21. The Labute approximate surface area is 223 Å². The second-order valence-electron chi connectivity index (χ2n) is 9.54. The summed E-state index contributed by atoms with van der Waals surface area (Å²) < 4.78 is 0. The van der Waals surface area contributed by atoms with Crippen LogP contribution in [0.25, 0.3) is 0 Å². The van der Waals surface area contributed by atoms with Crippen LogP contribution >= 0.6 is 0 Å². The van der Waals surface area contributed by atoms with Gasteiger partial charge in [-0.2, -0.15) is 0 Å². The molecule has 2 amide bonds. The minimum atomic E-state index is -0.0939. The number of hydrogen-bond donors (Lipinski definition) is 2. The average Bonchev–Trinajstić information content (AvgIpc) is 2.96. The summed E-state index contributed by atoms with van der Waals surface area (Å²) in [5, 5.41) is 5.97. The Morgan fingerprint density at radius 1 is 0.579 bits per heavy atom. The molecule has 0 aliphatic carbocycles. The molecular formula is C28H34N8O2. The van der Waals surface area contributed by atoms with E-state index in [1.54, 1.807) is 12.4 Å². The number of benzene rings is 1. The number of nitrogens with zero attached hydrogens (tertiary/aromatic N) is 6. The van der Waals surface area contributed by atoms with E-state index in [0.29, 0.717) is 24.5 Å². The molecule has 0 spiro atoms. The van der Waals surface area contributed by atoms with Crippen LogP contribution in [0.5, 0.6) is 0 Å². The van der Waals surface area contributed by atoms with Crippen LogP contribution in [0.15, 0.2) is 73.1 Å². The predicted molar refractivity (Wildman–Crippen MR) is 149 cm³/mol. The van der Waals surface area contributed by atoms with Gasteiger partial charge < -0.3 is 20.4 Å². The van der Waals surface area contributed by atoms with Gasteiger partial charge in [-0.25, -0.2) is 9.97 Å². The topological polar surface area (TPSA) is 96.9 Å². The highest BCUT2D eigenvalue weighted by atomic mass is 16.2. The summed E-state index contributed by atoms with van der Waals surface area (Å²) in [5.74, 6) is 1.75. The van der Waals surface area contributed by atoms with Crippen molar-refractivity contribution in [3.63, 3.8) is 0 Å². The molecule has 2 fully saturated rings. The molecule has 5 rings (SSSR count). The van der Waals surface area contributed by atoms with Gasteiger partial charge in [0.2, 0.25) is 11.8 Å². The molecule has 2 N–H and O–H groups in total. The molecule has 0 saturated carbocycles. The van der Waals surface area contributed by atoms with E-state index in [1.807, 2.05) is 60.7 Å². The molecule has 38 heavy (non-hydrogen) atoms. The number of rotatable bonds is 8. The van der Waals surface area contributed by atoms with E-state index >= 15 is 0 Å². The fraction of sp³-hybridized carbons (Fsp3) is 0.357. The molecule has 4 heterocycles. The van der Waals surface area contributed by atoms with E-state index in [-0.39, 0.29) is 11.8 Å². The van der Waals surface area contributed by atoms with Gasteiger partial charge in [0.1, 0.15) is 11.6 Å². The van der Waals surface area contributed by atoms with Crippen molar-refractivity contribution in [2.24, 2.45) is 0 Å². The Morgan fingerprint density at radius 3 is 1.34 bits per heavy atom. The van der Waals surface area contributed by atoms with Crippen molar-refractivity contribution in [3.8, 4) is 0 Å². The second kappa shape index (κ2) is 12.5. The van der Waals surface area contributed by atoms with Gasteiger partial charge in [0, 0.05) is 64.8 Å². The first kappa shape index (κ1) is 25.6. The van der Waals surface area contributed by atoms with Gasteiger partial charge in [-0.3, -0.25) is 19.4 Å². The highest BCUT2D eigenvalue weighted by molar-refractivity contribution is 6.00. The predicted octanol–water partition coefficient (Wildman–Crippen LogP) is 2.00. The summed E-state index contributed by atoms with van der Waals surface area (Å²) in [7, 11) is 0. The first-order valence-corrected chi connectivity index (χ1v) is 13.1. The van der Waals surface area contributed by atoms with Gasteiger partial charge in [0.25, 0.3) is 0 Å². The normalized spacial score (nSPS) is 16.7. The van der Waals surface area contributed by atoms with E-state index in [2.05, 4.69) is 40.2 Å². The fourth-order valence-electron chi connectivity index (χ4n) is 4.84. The summed E-state index contributed by atoms with van der Waals surface area (Å²) in [6.07, 6.45) is 3.60.